The van der Waals surface area contributed by atoms with E-state index in [0.717, 1.165) is 5.56 Å². The normalized spacial score (nSPS) is 11.4. The van der Waals surface area contributed by atoms with E-state index in [2.05, 4.69) is 19.9 Å². The fraction of sp³-hybridized carbons (Fsp3) is 0.182. The third-order valence-corrected chi connectivity index (χ3v) is 2.17. The smallest absolute Gasteiger partial charge is 0.399 e. The van der Waals surface area contributed by atoms with Gasteiger partial charge in [0.05, 0.1) is 0 Å². The number of halogens is 3. The highest BCUT2D eigenvalue weighted by molar-refractivity contribution is 6.03. The van der Waals surface area contributed by atoms with Gasteiger partial charge in [0.15, 0.2) is 0 Å². The Morgan fingerprint density at radius 1 is 1.32 bits per heavy atom. The van der Waals surface area contributed by atoms with Gasteiger partial charge in [-0.1, -0.05) is 22.8 Å². The van der Waals surface area contributed by atoms with Crippen molar-refractivity contribution >= 4 is 11.9 Å². The van der Waals surface area contributed by atoms with Crippen LogP contribution in [0.25, 0.3) is 0 Å². The lowest BCUT2D eigenvalue weighted by Crippen LogP contribution is -2.12. The van der Waals surface area contributed by atoms with Crippen LogP contribution in [0.15, 0.2) is 28.7 Å². The summed E-state index contributed by atoms with van der Waals surface area (Å²) in [7, 11) is 0. The summed E-state index contributed by atoms with van der Waals surface area (Å²) in [5, 5.41) is 8.00. The van der Waals surface area contributed by atoms with Gasteiger partial charge in [-0.3, -0.25) is 10.1 Å². The molecule has 100 valence electrons. The number of hydrogen-bond acceptors (Lipinski definition) is 4. The molecule has 0 fully saturated rings. The van der Waals surface area contributed by atoms with Gasteiger partial charge in [-0.25, -0.2) is 0 Å². The van der Waals surface area contributed by atoms with Crippen molar-refractivity contribution in [1.82, 2.24) is 10.2 Å². The van der Waals surface area contributed by atoms with Crippen LogP contribution in [0.1, 0.15) is 21.8 Å². The number of carbonyl (C=O) groups excluding carboxylic acids is 1. The number of amides is 1. The van der Waals surface area contributed by atoms with Crippen molar-refractivity contribution < 1.29 is 22.4 Å². The van der Waals surface area contributed by atoms with E-state index in [1.54, 1.807) is 25.1 Å². The molecular formula is C11H8F3N3O2. The predicted octanol–water partition coefficient (Wildman–Crippen LogP) is 2.65. The Labute approximate surface area is 105 Å². The van der Waals surface area contributed by atoms with Gasteiger partial charge < -0.3 is 4.42 Å². The fourth-order valence-electron chi connectivity index (χ4n) is 1.34. The van der Waals surface area contributed by atoms with Gasteiger partial charge in [0.25, 0.3) is 5.91 Å². The number of nitrogens with zero attached hydrogens (tertiary/aromatic N) is 2. The third kappa shape index (κ3) is 3.09. The van der Waals surface area contributed by atoms with Gasteiger partial charge in [-0.2, -0.15) is 13.2 Å². The number of rotatable bonds is 2. The van der Waals surface area contributed by atoms with Gasteiger partial charge in [0, 0.05) is 5.56 Å². The molecule has 0 aliphatic carbocycles. The number of nitrogens with one attached hydrogen (secondary N) is 1. The molecule has 5 nitrogen and oxygen atoms in total. The van der Waals surface area contributed by atoms with Crippen molar-refractivity contribution in [1.29, 1.82) is 0 Å². The van der Waals surface area contributed by atoms with Crippen molar-refractivity contribution in [2.75, 3.05) is 5.32 Å². The first kappa shape index (κ1) is 13.1. The molecule has 19 heavy (non-hydrogen) atoms. The highest BCUT2D eigenvalue weighted by Crippen LogP contribution is 2.28. The minimum atomic E-state index is -4.74. The quantitative estimate of drug-likeness (QED) is 0.911. The summed E-state index contributed by atoms with van der Waals surface area (Å²) < 4.78 is 40.9. The van der Waals surface area contributed by atoms with Crippen molar-refractivity contribution in [3.63, 3.8) is 0 Å². The number of aromatic nitrogens is 2. The van der Waals surface area contributed by atoms with Crippen LogP contribution in [0.2, 0.25) is 0 Å². The van der Waals surface area contributed by atoms with E-state index in [1.165, 1.54) is 6.07 Å². The number of hydrogen-bond donors (Lipinski definition) is 1. The first-order valence-electron chi connectivity index (χ1n) is 5.15. The lowest BCUT2D eigenvalue weighted by atomic mass is 10.1. The maximum Gasteiger partial charge on any atom is 0.470 e. The number of benzene rings is 1. The molecule has 1 N–H and O–H groups in total. The summed E-state index contributed by atoms with van der Waals surface area (Å²) in [5.41, 5.74) is 1.13. The summed E-state index contributed by atoms with van der Waals surface area (Å²) in [5.74, 6) is -2.13. The summed E-state index contributed by atoms with van der Waals surface area (Å²) >= 11 is 0. The third-order valence-electron chi connectivity index (χ3n) is 2.17. The number of aryl methyl sites for hydroxylation is 1. The molecule has 0 aliphatic heterocycles. The van der Waals surface area contributed by atoms with Gasteiger partial charge in [-0.05, 0) is 19.1 Å². The van der Waals surface area contributed by atoms with Crippen molar-refractivity contribution in [3.05, 3.63) is 41.3 Å². The molecule has 1 heterocycles. The minimum absolute atomic E-state index is 0.284. The molecule has 0 spiro atoms. The Morgan fingerprint density at radius 2 is 2.05 bits per heavy atom. The second-order valence-corrected chi connectivity index (χ2v) is 3.73. The topological polar surface area (TPSA) is 68.0 Å². The second-order valence-electron chi connectivity index (χ2n) is 3.73. The molecule has 0 radical (unpaired) electrons. The number of anilines is 1. The molecule has 8 heteroatoms. The summed E-state index contributed by atoms with van der Waals surface area (Å²) in [6.45, 7) is 1.78. The highest BCUT2D eigenvalue weighted by atomic mass is 19.4. The highest BCUT2D eigenvalue weighted by Gasteiger charge is 2.38. The molecule has 1 amide bonds. The summed E-state index contributed by atoms with van der Waals surface area (Å²) in [6, 6.07) is 5.93. The SMILES string of the molecule is Cc1cccc(C(=O)Nc2nnc(C(F)(F)F)o2)c1. The average molecular weight is 271 g/mol. The molecule has 2 rings (SSSR count). The Balaban J connectivity index is 2.13. The molecular weight excluding hydrogens is 263 g/mol. The Morgan fingerprint density at radius 3 is 2.63 bits per heavy atom. The zero-order valence-corrected chi connectivity index (χ0v) is 9.65. The van der Waals surface area contributed by atoms with E-state index in [-0.39, 0.29) is 5.56 Å². The molecule has 0 unspecified atom stereocenters. The molecule has 0 atom stereocenters. The number of alkyl halides is 3. The van der Waals surface area contributed by atoms with Gasteiger partial charge >= 0.3 is 18.1 Å². The maximum atomic E-state index is 12.2. The van der Waals surface area contributed by atoms with E-state index in [1.807, 2.05) is 0 Å². The van der Waals surface area contributed by atoms with Crippen LogP contribution in [-0.2, 0) is 6.18 Å². The molecule has 1 aromatic carbocycles. The van der Waals surface area contributed by atoms with Crippen molar-refractivity contribution in [3.8, 4) is 0 Å². The first-order chi connectivity index (χ1) is 8.86. The van der Waals surface area contributed by atoms with Crippen LogP contribution in [0.5, 0.6) is 0 Å². The summed E-state index contributed by atoms with van der Waals surface area (Å²) in [4.78, 5) is 11.7. The molecule has 2 aromatic rings. The zero-order chi connectivity index (χ0) is 14.0. The van der Waals surface area contributed by atoms with Crippen molar-refractivity contribution in [2.24, 2.45) is 0 Å². The minimum Gasteiger partial charge on any atom is -0.399 e. The zero-order valence-electron chi connectivity index (χ0n) is 9.65. The van der Waals surface area contributed by atoms with Gasteiger partial charge in [-0.15, -0.1) is 5.10 Å². The van der Waals surface area contributed by atoms with E-state index < -0.39 is 24.0 Å². The molecule has 0 bridgehead atoms. The van der Waals surface area contributed by atoms with Crippen LogP contribution in [0.4, 0.5) is 19.2 Å². The standard InChI is InChI=1S/C11H8F3N3O2/c1-6-3-2-4-7(5-6)8(18)15-10-17-16-9(19-10)11(12,13)14/h2-5H,1H3,(H,15,17,18). The van der Waals surface area contributed by atoms with Crippen LogP contribution in [0.3, 0.4) is 0 Å². The maximum absolute atomic E-state index is 12.2. The fourth-order valence-corrected chi connectivity index (χ4v) is 1.34. The van der Waals surface area contributed by atoms with Gasteiger partial charge in [0.1, 0.15) is 0 Å². The second kappa shape index (κ2) is 4.71. The van der Waals surface area contributed by atoms with Crippen LogP contribution >= 0.6 is 0 Å². The van der Waals surface area contributed by atoms with E-state index in [0.29, 0.717) is 0 Å². The van der Waals surface area contributed by atoms with Crippen LogP contribution in [-0.4, -0.2) is 16.1 Å². The number of carbonyl (C=O) groups is 1. The summed E-state index contributed by atoms with van der Waals surface area (Å²) in [6.07, 6.45) is -4.74. The lowest BCUT2D eigenvalue weighted by Gasteiger charge is -2.01. The molecule has 0 saturated heterocycles. The Kier molecular flexibility index (Phi) is 3.24. The van der Waals surface area contributed by atoms with Gasteiger partial charge in [0.2, 0.25) is 0 Å². The predicted molar refractivity (Wildman–Crippen MR) is 58.4 cm³/mol. The first-order valence-corrected chi connectivity index (χ1v) is 5.15. The largest absolute Gasteiger partial charge is 0.470 e. The van der Waals surface area contributed by atoms with Crippen molar-refractivity contribution in [2.45, 2.75) is 13.1 Å². The van der Waals surface area contributed by atoms with E-state index >= 15 is 0 Å². The van der Waals surface area contributed by atoms with Crippen LogP contribution < -0.4 is 5.32 Å². The van der Waals surface area contributed by atoms with E-state index in [9.17, 15) is 18.0 Å². The Bertz CT molecular complexity index is 607. The average Bonchev–Trinajstić information content (AvgIpc) is 2.77. The molecule has 0 aliphatic rings. The van der Waals surface area contributed by atoms with Crippen LogP contribution in [0, 0.1) is 6.92 Å². The Hall–Kier alpha value is -2.38. The van der Waals surface area contributed by atoms with E-state index in [4.69, 9.17) is 0 Å². The molecule has 1 aromatic heterocycles. The molecule has 0 saturated carbocycles. The lowest BCUT2D eigenvalue weighted by molar-refractivity contribution is -0.156. The monoisotopic (exact) mass is 271 g/mol.